The average molecular weight is 217 g/mol. The molecule has 0 spiro atoms. The van der Waals surface area contributed by atoms with Gasteiger partial charge < -0.3 is 5.32 Å². The molecule has 0 aliphatic carbocycles. The number of hydrogen-bond acceptors (Lipinski definition) is 3. The Labute approximate surface area is 93.4 Å². The quantitative estimate of drug-likeness (QED) is 0.840. The second kappa shape index (κ2) is 4.26. The van der Waals surface area contributed by atoms with E-state index in [9.17, 15) is 4.39 Å². The predicted octanol–water partition coefficient (Wildman–Crippen LogP) is 2.63. The van der Waals surface area contributed by atoms with Crippen LogP contribution in [0.15, 0.2) is 30.5 Å². The van der Waals surface area contributed by atoms with Gasteiger partial charge in [-0.05, 0) is 36.8 Å². The molecule has 1 heterocycles. The molecule has 0 saturated heterocycles. The summed E-state index contributed by atoms with van der Waals surface area (Å²) in [6.07, 6.45) is 1.68. The van der Waals surface area contributed by atoms with Crippen molar-refractivity contribution in [1.82, 2.24) is 9.97 Å². The van der Waals surface area contributed by atoms with E-state index in [4.69, 9.17) is 0 Å². The first-order chi connectivity index (χ1) is 7.70. The van der Waals surface area contributed by atoms with Crippen LogP contribution in [0.4, 0.5) is 10.3 Å². The molecule has 0 saturated carbocycles. The van der Waals surface area contributed by atoms with Crippen molar-refractivity contribution in [3.05, 3.63) is 41.8 Å². The van der Waals surface area contributed by atoms with Crippen LogP contribution >= 0.6 is 0 Å². The van der Waals surface area contributed by atoms with E-state index in [-0.39, 0.29) is 5.82 Å². The topological polar surface area (TPSA) is 37.8 Å². The third-order valence-corrected chi connectivity index (χ3v) is 2.34. The van der Waals surface area contributed by atoms with Crippen molar-refractivity contribution in [3.63, 3.8) is 0 Å². The van der Waals surface area contributed by atoms with Crippen LogP contribution < -0.4 is 5.32 Å². The van der Waals surface area contributed by atoms with Gasteiger partial charge >= 0.3 is 0 Å². The van der Waals surface area contributed by atoms with Crippen molar-refractivity contribution >= 4 is 5.95 Å². The number of nitrogens with one attached hydrogen (secondary N) is 1. The van der Waals surface area contributed by atoms with E-state index in [2.05, 4.69) is 15.3 Å². The number of hydrogen-bond donors (Lipinski definition) is 1. The van der Waals surface area contributed by atoms with Gasteiger partial charge in [0.05, 0.1) is 5.69 Å². The summed E-state index contributed by atoms with van der Waals surface area (Å²) in [5.41, 5.74) is 2.57. The molecule has 0 fully saturated rings. The average Bonchev–Trinajstić information content (AvgIpc) is 2.29. The van der Waals surface area contributed by atoms with Gasteiger partial charge in [-0.25, -0.2) is 14.4 Å². The molecule has 2 aromatic rings. The molecule has 82 valence electrons. The van der Waals surface area contributed by atoms with Crippen molar-refractivity contribution in [2.24, 2.45) is 0 Å². The van der Waals surface area contributed by atoms with Gasteiger partial charge in [-0.2, -0.15) is 0 Å². The van der Waals surface area contributed by atoms with Gasteiger partial charge in [-0.15, -0.1) is 0 Å². The molecule has 0 amide bonds. The third kappa shape index (κ3) is 2.00. The zero-order chi connectivity index (χ0) is 11.5. The molecule has 0 atom stereocenters. The highest BCUT2D eigenvalue weighted by Crippen LogP contribution is 2.22. The van der Waals surface area contributed by atoms with Gasteiger partial charge in [-0.1, -0.05) is 0 Å². The summed E-state index contributed by atoms with van der Waals surface area (Å²) in [7, 11) is 1.76. The second-order valence-corrected chi connectivity index (χ2v) is 3.47. The van der Waals surface area contributed by atoms with E-state index in [0.29, 0.717) is 5.95 Å². The van der Waals surface area contributed by atoms with Gasteiger partial charge in [0, 0.05) is 18.8 Å². The van der Waals surface area contributed by atoms with Crippen LogP contribution in [0.3, 0.4) is 0 Å². The minimum atomic E-state index is -0.232. The number of aromatic nitrogens is 2. The van der Waals surface area contributed by atoms with Gasteiger partial charge in [0.2, 0.25) is 5.95 Å². The van der Waals surface area contributed by atoms with E-state index in [0.717, 1.165) is 16.8 Å². The highest BCUT2D eigenvalue weighted by molar-refractivity contribution is 5.63. The first kappa shape index (κ1) is 10.5. The number of halogens is 1. The van der Waals surface area contributed by atoms with Crippen LogP contribution in [0.5, 0.6) is 0 Å². The predicted molar refractivity (Wildman–Crippen MR) is 61.7 cm³/mol. The van der Waals surface area contributed by atoms with Crippen molar-refractivity contribution < 1.29 is 4.39 Å². The Bertz CT molecular complexity index is 511. The Hall–Kier alpha value is -1.97. The number of aryl methyl sites for hydroxylation is 1. The first-order valence-corrected chi connectivity index (χ1v) is 4.98. The first-order valence-electron chi connectivity index (χ1n) is 4.98. The molecule has 4 heteroatoms. The maximum atomic E-state index is 13.0. The Morgan fingerprint density at radius 3 is 2.75 bits per heavy atom. The SMILES string of the molecule is CNc1nccc(-c2ccc(F)cc2C)n1. The molecule has 0 aliphatic rings. The summed E-state index contributed by atoms with van der Waals surface area (Å²) in [5, 5.41) is 2.87. The lowest BCUT2D eigenvalue weighted by atomic mass is 10.1. The van der Waals surface area contributed by atoms with Crippen LogP contribution in [-0.4, -0.2) is 17.0 Å². The molecule has 16 heavy (non-hydrogen) atoms. The van der Waals surface area contributed by atoms with E-state index in [1.807, 2.05) is 6.92 Å². The molecule has 0 bridgehead atoms. The van der Waals surface area contributed by atoms with Crippen LogP contribution in [0.25, 0.3) is 11.3 Å². The van der Waals surface area contributed by atoms with Gasteiger partial charge in [0.1, 0.15) is 5.82 Å². The standard InChI is InChI=1S/C12H12FN3/c1-8-7-9(13)3-4-10(8)11-5-6-15-12(14-2)16-11/h3-7H,1-2H3,(H,14,15,16). The Balaban J connectivity index is 2.49. The van der Waals surface area contributed by atoms with E-state index in [1.165, 1.54) is 12.1 Å². The van der Waals surface area contributed by atoms with Crippen molar-refractivity contribution in [2.45, 2.75) is 6.92 Å². The van der Waals surface area contributed by atoms with Crippen LogP contribution in [0.1, 0.15) is 5.56 Å². The summed E-state index contributed by atoms with van der Waals surface area (Å²) in [6, 6.07) is 6.47. The van der Waals surface area contributed by atoms with Crippen LogP contribution in [0.2, 0.25) is 0 Å². The largest absolute Gasteiger partial charge is 0.357 e. The molecule has 0 unspecified atom stereocenters. The molecular formula is C12H12FN3. The minimum Gasteiger partial charge on any atom is -0.357 e. The summed E-state index contributed by atoms with van der Waals surface area (Å²) in [4.78, 5) is 8.34. The number of nitrogens with zero attached hydrogens (tertiary/aromatic N) is 2. The van der Waals surface area contributed by atoms with Gasteiger partial charge in [0.15, 0.2) is 0 Å². The number of benzene rings is 1. The molecule has 0 radical (unpaired) electrons. The van der Waals surface area contributed by atoms with Crippen molar-refractivity contribution in [1.29, 1.82) is 0 Å². The molecule has 0 aliphatic heterocycles. The van der Waals surface area contributed by atoms with Gasteiger partial charge in [0.25, 0.3) is 0 Å². The lowest BCUT2D eigenvalue weighted by Crippen LogP contribution is -1.97. The lowest BCUT2D eigenvalue weighted by Gasteiger charge is -2.06. The van der Waals surface area contributed by atoms with E-state index in [1.54, 1.807) is 25.4 Å². The molecule has 1 N–H and O–H groups in total. The Kier molecular flexibility index (Phi) is 2.81. The maximum Gasteiger partial charge on any atom is 0.222 e. The highest BCUT2D eigenvalue weighted by Gasteiger charge is 2.05. The van der Waals surface area contributed by atoms with Crippen LogP contribution in [-0.2, 0) is 0 Å². The van der Waals surface area contributed by atoms with Crippen LogP contribution in [0, 0.1) is 12.7 Å². The Morgan fingerprint density at radius 1 is 1.25 bits per heavy atom. The molecule has 1 aromatic carbocycles. The Morgan fingerprint density at radius 2 is 2.06 bits per heavy atom. The molecular weight excluding hydrogens is 205 g/mol. The van der Waals surface area contributed by atoms with Crippen molar-refractivity contribution in [3.8, 4) is 11.3 Å². The maximum absolute atomic E-state index is 13.0. The minimum absolute atomic E-state index is 0.232. The summed E-state index contributed by atoms with van der Waals surface area (Å²) >= 11 is 0. The summed E-state index contributed by atoms with van der Waals surface area (Å²) in [5.74, 6) is 0.324. The second-order valence-electron chi connectivity index (χ2n) is 3.47. The monoisotopic (exact) mass is 217 g/mol. The van der Waals surface area contributed by atoms with Crippen molar-refractivity contribution in [2.75, 3.05) is 12.4 Å². The third-order valence-electron chi connectivity index (χ3n) is 2.34. The fraction of sp³-hybridized carbons (Fsp3) is 0.167. The summed E-state index contributed by atoms with van der Waals surface area (Å²) in [6.45, 7) is 1.86. The molecule has 1 aromatic heterocycles. The fourth-order valence-electron chi connectivity index (χ4n) is 1.54. The normalized spacial score (nSPS) is 10.2. The van der Waals surface area contributed by atoms with E-state index < -0.39 is 0 Å². The highest BCUT2D eigenvalue weighted by atomic mass is 19.1. The zero-order valence-corrected chi connectivity index (χ0v) is 9.16. The summed E-state index contributed by atoms with van der Waals surface area (Å²) < 4.78 is 13.0. The number of rotatable bonds is 2. The lowest BCUT2D eigenvalue weighted by molar-refractivity contribution is 0.627. The molecule has 3 nitrogen and oxygen atoms in total. The van der Waals surface area contributed by atoms with E-state index >= 15 is 0 Å². The molecule has 2 rings (SSSR count). The fourth-order valence-corrected chi connectivity index (χ4v) is 1.54. The smallest absolute Gasteiger partial charge is 0.222 e. The van der Waals surface area contributed by atoms with Gasteiger partial charge in [-0.3, -0.25) is 0 Å². The number of anilines is 1. The zero-order valence-electron chi connectivity index (χ0n) is 9.16.